The normalized spacial score (nSPS) is 20.6. The number of ether oxygens (including phenoxy) is 1. The number of rotatable bonds is 6. The summed E-state index contributed by atoms with van der Waals surface area (Å²) < 4.78 is 5.49. The Kier molecular flexibility index (Phi) is 5.98. The van der Waals surface area contributed by atoms with Crippen LogP contribution >= 0.6 is 0 Å². The molecule has 1 amide bonds. The molecular weight excluding hydrogens is 276 g/mol. The van der Waals surface area contributed by atoms with Crippen molar-refractivity contribution in [3.8, 4) is 0 Å². The molecule has 1 aliphatic rings. The lowest BCUT2D eigenvalue weighted by molar-refractivity contribution is -0.126. The van der Waals surface area contributed by atoms with Crippen molar-refractivity contribution in [2.24, 2.45) is 5.41 Å². The van der Waals surface area contributed by atoms with Crippen LogP contribution in [0.15, 0.2) is 24.3 Å². The van der Waals surface area contributed by atoms with Crippen LogP contribution in [-0.2, 0) is 22.7 Å². The van der Waals surface area contributed by atoms with Gasteiger partial charge in [-0.25, -0.2) is 0 Å². The number of benzene rings is 1. The minimum Gasteiger partial charge on any atom is -0.377 e. The van der Waals surface area contributed by atoms with Gasteiger partial charge in [-0.3, -0.25) is 4.79 Å². The Hall–Kier alpha value is -1.39. The molecule has 0 spiro atoms. The molecule has 2 rings (SSSR count). The number of hydrogen-bond acceptors (Lipinski definition) is 3. The molecule has 1 saturated heterocycles. The summed E-state index contributed by atoms with van der Waals surface area (Å²) in [5, 5.41) is 6.44. The molecule has 1 fully saturated rings. The van der Waals surface area contributed by atoms with E-state index in [2.05, 4.69) is 30.5 Å². The van der Waals surface area contributed by atoms with Crippen molar-refractivity contribution in [2.75, 3.05) is 13.2 Å². The van der Waals surface area contributed by atoms with Crippen molar-refractivity contribution in [3.63, 3.8) is 0 Å². The summed E-state index contributed by atoms with van der Waals surface area (Å²) in [4.78, 5) is 12.5. The maximum atomic E-state index is 12.5. The molecule has 22 heavy (non-hydrogen) atoms. The molecule has 0 aromatic heterocycles. The van der Waals surface area contributed by atoms with E-state index in [4.69, 9.17) is 4.74 Å². The second-order valence-electron chi connectivity index (χ2n) is 6.60. The Balaban J connectivity index is 1.96. The van der Waals surface area contributed by atoms with Crippen molar-refractivity contribution >= 4 is 5.91 Å². The average molecular weight is 304 g/mol. The molecule has 1 atom stereocenters. The third-order valence-electron chi connectivity index (χ3n) is 4.42. The Morgan fingerprint density at radius 3 is 2.77 bits per heavy atom. The Bertz CT molecular complexity index is 500. The van der Waals surface area contributed by atoms with Crippen molar-refractivity contribution in [1.82, 2.24) is 10.6 Å². The third-order valence-corrected chi connectivity index (χ3v) is 4.42. The molecule has 4 heteroatoms. The Morgan fingerprint density at radius 2 is 2.09 bits per heavy atom. The second-order valence-corrected chi connectivity index (χ2v) is 6.60. The van der Waals surface area contributed by atoms with Crippen LogP contribution in [0.5, 0.6) is 0 Å². The average Bonchev–Trinajstić information content (AvgIpc) is 2.51. The second kappa shape index (κ2) is 7.75. The number of carbonyl (C=O) groups excluding carboxylic acids is 1. The standard InChI is InChI=1S/C18H28N2O2/c1-4-22-13-15-9-6-5-8-14(15)12-20-17(21)16-18(2,3)10-7-11-19-16/h5-6,8-9,16,19H,4,7,10-13H2,1-3H3,(H,20,21). The summed E-state index contributed by atoms with van der Waals surface area (Å²) >= 11 is 0. The number of piperidine rings is 1. The molecule has 1 aromatic rings. The van der Waals surface area contributed by atoms with Crippen LogP contribution in [0, 0.1) is 5.41 Å². The number of amides is 1. The first-order valence-electron chi connectivity index (χ1n) is 8.20. The molecular formula is C18H28N2O2. The van der Waals surface area contributed by atoms with Gasteiger partial charge in [0.25, 0.3) is 0 Å². The lowest BCUT2D eigenvalue weighted by atomic mass is 9.77. The maximum absolute atomic E-state index is 12.5. The van der Waals surface area contributed by atoms with E-state index in [1.54, 1.807) is 0 Å². The summed E-state index contributed by atoms with van der Waals surface area (Å²) in [6, 6.07) is 8.00. The van der Waals surface area contributed by atoms with E-state index in [-0.39, 0.29) is 17.4 Å². The van der Waals surface area contributed by atoms with Gasteiger partial charge < -0.3 is 15.4 Å². The van der Waals surface area contributed by atoms with Crippen LogP contribution in [0.4, 0.5) is 0 Å². The van der Waals surface area contributed by atoms with E-state index >= 15 is 0 Å². The zero-order chi connectivity index (χ0) is 16.0. The monoisotopic (exact) mass is 304 g/mol. The molecule has 122 valence electrons. The quantitative estimate of drug-likeness (QED) is 0.849. The topological polar surface area (TPSA) is 50.4 Å². The van der Waals surface area contributed by atoms with E-state index in [9.17, 15) is 4.79 Å². The fourth-order valence-electron chi connectivity index (χ4n) is 3.03. The SMILES string of the molecule is CCOCc1ccccc1CNC(=O)C1NCCCC1(C)C. The van der Waals surface area contributed by atoms with E-state index < -0.39 is 0 Å². The fraction of sp³-hybridized carbons (Fsp3) is 0.611. The fourth-order valence-corrected chi connectivity index (χ4v) is 3.03. The molecule has 1 aromatic carbocycles. The molecule has 0 radical (unpaired) electrons. The highest BCUT2D eigenvalue weighted by molar-refractivity contribution is 5.82. The van der Waals surface area contributed by atoms with Crippen LogP contribution in [0.2, 0.25) is 0 Å². The Morgan fingerprint density at radius 1 is 1.36 bits per heavy atom. The van der Waals surface area contributed by atoms with E-state index in [1.807, 2.05) is 25.1 Å². The molecule has 4 nitrogen and oxygen atoms in total. The Labute approximate surface area is 133 Å². The highest BCUT2D eigenvalue weighted by Gasteiger charge is 2.36. The first-order valence-corrected chi connectivity index (χ1v) is 8.20. The molecule has 1 heterocycles. The van der Waals surface area contributed by atoms with E-state index in [1.165, 1.54) is 0 Å². The van der Waals surface area contributed by atoms with Crippen molar-refractivity contribution < 1.29 is 9.53 Å². The zero-order valence-electron chi connectivity index (χ0n) is 13.9. The van der Waals surface area contributed by atoms with Crippen LogP contribution < -0.4 is 10.6 Å². The summed E-state index contributed by atoms with van der Waals surface area (Å²) in [6.07, 6.45) is 2.22. The number of hydrogen-bond donors (Lipinski definition) is 2. The number of carbonyl (C=O) groups is 1. The van der Waals surface area contributed by atoms with Gasteiger partial charge in [-0.15, -0.1) is 0 Å². The summed E-state index contributed by atoms with van der Waals surface area (Å²) in [5.41, 5.74) is 2.27. The lowest BCUT2D eigenvalue weighted by Crippen LogP contribution is -2.55. The highest BCUT2D eigenvalue weighted by atomic mass is 16.5. The van der Waals surface area contributed by atoms with Gasteiger partial charge in [-0.1, -0.05) is 38.1 Å². The van der Waals surface area contributed by atoms with Gasteiger partial charge in [0.15, 0.2) is 0 Å². The van der Waals surface area contributed by atoms with Gasteiger partial charge in [0.2, 0.25) is 5.91 Å². The van der Waals surface area contributed by atoms with Gasteiger partial charge >= 0.3 is 0 Å². The molecule has 2 N–H and O–H groups in total. The first-order chi connectivity index (χ1) is 10.5. The largest absolute Gasteiger partial charge is 0.377 e. The van der Waals surface area contributed by atoms with Gasteiger partial charge in [-0.05, 0) is 42.9 Å². The van der Waals surface area contributed by atoms with E-state index in [0.29, 0.717) is 19.8 Å². The highest BCUT2D eigenvalue weighted by Crippen LogP contribution is 2.30. The van der Waals surface area contributed by atoms with Gasteiger partial charge in [0, 0.05) is 13.2 Å². The van der Waals surface area contributed by atoms with Crippen molar-refractivity contribution in [3.05, 3.63) is 35.4 Å². The van der Waals surface area contributed by atoms with Gasteiger partial charge in [-0.2, -0.15) is 0 Å². The van der Waals surface area contributed by atoms with Crippen LogP contribution in [0.25, 0.3) is 0 Å². The maximum Gasteiger partial charge on any atom is 0.237 e. The summed E-state index contributed by atoms with van der Waals surface area (Å²) in [5.74, 6) is 0.0934. The molecule has 0 saturated carbocycles. The molecule has 1 aliphatic heterocycles. The van der Waals surface area contributed by atoms with Crippen LogP contribution in [-0.4, -0.2) is 25.1 Å². The first kappa shape index (κ1) is 17.0. The zero-order valence-corrected chi connectivity index (χ0v) is 13.9. The third kappa shape index (κ3) is 4.31. The smallest absolute Gasteiger partial charge is 0.237 e. The summed E-state index contributed by atoms with van der Waals surface area (Å²) in [7, 11) is 0. The predicted molar refractivity (Wildman–Crippen MR) is 88.4 cm³/mol. The number of nitrogens with one attached hydrogen (secondary N) is 2. The van der Waals surface area contributed by atoms with E-state index in [0.717, 1.165) is 30.5 Å². The van der Waals surface area contributed by atoms with Crippen LogP contribution in [0.3, 0.4) is 0 Å². The minimum absolute atomic E-state index is 0.00712. The minimum atomic E-state index is -0.111. The molecule has 1 unspecified atom stereocenters. The predicted octanol–water partition coefficient (Wildman–Crippen LogP) is 2.62. The van der Waals surface area contributed by atoms with Gasteiger partial charge in [0.05, 0.1) is 12.6 Å². The van der Waals surface area contributed by atoms with Crippen LogP contribution in [0.1, 0.15) is 44.7 Å². The summed E-state index contributed by atoms with van der Waals surface area (Å²) in [6.45, 7) is 9.06. The van der Waals surface area contributed by atoms with Crippen molar-refractivity contribution in [2.45, 2.75) is 52.8 Å². The molecule has 0 aliphatic carbocycles. The van der Waals surface area contributed by atoms with Gasteiger partial charge in [0.1, 0.15) is 0 Å². The van der Waals surface area contributed by atoms with Crippen molar-refractivity contribution in [1.29, 1.82) is 0 Å². The molecule has 0 bridgehead atoms. The lowest BCUT2D eigenvalue weighted by Gasteiger charge is -2.38.